The number of amides is 5. The predicted molar refractivity (Wildman–Crippen MR) is 159 cm³/mol. The summed E-state index contributed by atoms with van der Waals surface area (Å²) >= 11 is 4.06. The van der Waals surface area contributed by atoms with Gasteiger partial charge < -0.3 is 58.7 Å². The van der Waals surface area contributed by atoms with E-state index in [-0.39, 0.29) is 31.1 Å². The Bertz CT molecular complexity index is 1110. The summed E-state index contributed by atoms with van der Waals surface area (Å²) < 4.78 is 0. The number of thiol groups is 1. The molecule has 0 aromatic carbocycles. The zero-order valence-corrected chi connectivity index (χ0v) is 25.4. The molecular weight excluding hydrogens is 622 g/mol. The minimum Gasteiger partial charge on any atom is -0.481 e. The van der Waals surface area contributed by atoms with Gasteiger partial charge in [0, 0.05) is 25.1 Å². The highest BCUT2D eigenvalue weighted by Gasteiger charge is 2.31. The fourth-order valence-corrected chi connectivity index (χ4v) is 3.73. The minimum atomic E-state index is -1.60. The molecule has 45 heavy (non-hydrogen) atoms. The lowest BCUT2D eigenvalue weighted by atomic mass is 10.1. The number of carbonyl (C=O) groups excluding carboxylic acids is 5. The minimum absolute atomic E-state index is 0.0385. The highest BCUT2D eigenvalue weighted by Crippen LogP contribution is 2.05. The van der Waals surface area contributed by atoms with Crippen LogP contribution in [-0.4, -0.2) is 118 Å². The molecule has 0 saturated carbocycles. The van der Waals surface area contributed by atoms with Crippen molar-refractivity contribution >= 4 is 66.0 Å². The fraction of sp³-hybridized carbons (Fsp3) is 0.625. The lowest BCUT2D eigenvalue weighted by Gasteiger charge is -2.26. The monoisotopic (exact) mass is 663 g/mol. The molecule has 0 rings (SSSR count). The van der Waals surface area contributed by atoms with Gasteiger partial charge in [-0.15, -0.1) is 0 Å². The summed E-state index contributed by atoms with van der Waals surface area (Å²) in [4.78, 5) is 96.8. The van der Waals surface area contributed by atoms with E-state index in [2.05, 4.69) is 39.2 Å². The number of carbonyl (C=O) groups is 8. The van der Waals surface area contributed by atoms with Crippen molar-refractivity contribution in [3.05, 3.63) is 0 Å². The molecule has 5 atom stereocenters. The Kier molecular flexibility index (Phi) is 18.9. The molecule has 254 valence electrons. The molecule has 0 spiro atoms. The van der Waals surface area contributed by atoms with Crippen LogP contribution >= 0.6 is 12.6 Å². The number of guanidine groups is 1. The molecule has 0 unspecified atom stereocenters. The highest BCUT2D eigenvalue weighted by atomic mass is 32.1. The Morgan fingerprint density at radius 2 is 1.09 bits per heavy atom. The van der Waals surface area contributed by atoms with Crippen molar-refractivity contribution in [3.8, 4) is 0 Å². The maximum absolute atomic E-state index is 13.1. The van der Waals surface area contributed by atoms with Gasteiger partial charge in [-0.05, 0) is 32.6 Å². The van der Waals surface area contributed by atoms with Gasteiger partial charge in [0.25, 0.3) is 0 Å². The second-order valence-electron chi connectivity index (χ2n) is 9.67. The molecule has 5 amide bonds. The number of hydrogen-bond acceptors (Lipinski definition) is 11. The summed E-state index contributed by atoms with van der Waals surface area (Å²) in [6.07, 6.45) is -1.87. The Hall–Kier alpha value is -4.66. The van der Waals surface area contributed by atoms with Gasteiger partial charge in [0.05, 0.1) is 6.04 Å². The van der Waals surface area contributed by atoms with Crippen LogP contribution in [0.4, 0.5) is 0 Å². The van der Waals surface area contributed by atoms with Gasteiger partial charge in [0.2, 0.25) is 29.5 Å². The molecule has 0 aromatic heterocycles. The van der Waals surface area contributed by atoms with Crippen LogP contribution in [0.2, 0.25) is 0 Å². The van der Waals surface area contributed by atoms with Gasteiger partial charge in [-0.2, -0.15) is 12.6 Å². The standard InChI is InChI=1S/C24H41N9O11S/c1-11(25)19(40)30-12(3-2-8-28-24(26)27)21(42)33-15(10-45)23(44)32-14(5-7-17(36)37)22(43)31-13(4-6-16(34)35)20(41)29-9-18(38)39/h11-15,45H,2-10,25H2,1H3,(H,29,41)(H,30,40)(H,31,43)(H,32,44)(H,33,42)(H,34,35)(H,36,37)(H,38,39)(H4,26,27,28)/t11-,12+,13+,14+,15+/m0/s1. The summed E-state index contributed by atoms with van der Waals surface area (Å²) in [6.45, 7) is 0.737. The van der Waals surface area contributed by atoms with E-state index in [0.717, 1.165) is 0 Å². The van der Waals surface area contributed by atoms with Crippen molar-refractivity contribution < 1.29 is 53.7 Å². The number of hydrogen-bond donors (Lipinski definition) is 13. The van der Waals surface area contributed by atoms with Crippen molar-refractivity contribution in [1.29, 1.82) is 5.41 Å². The van der Waals surface area contributed by atoms with Crippen molar-refractivity contribution in [2.24, 2.45) is 11.5 Å². The van der Waals surface area contributed by atoms with Crippen LogP contribution in [0.15, 0.2) is 0 Å². The van der Waals surface area contributed by atoms with E-state index in [1.54, 1.807) is 0 Å². The topological polar surface area (TPSA) is 345 Å². The number of nitrogens with one attached hydrogen (secondary N) is 7. The first-order chi connectivity index (χ1) is 21.0. The van der Waals surface area contributed by atoms with Crippen LogP contribution in [0.1, 0.15) is 45.4 Å². The molecular formula is C24H41N9O11S. The van der Waals surface area contributed by atoms with Crippen molar-refractivity contribution in [2.75, 3.05) is 18.8 Å². The van der Waals surface area contributed by atoms with Crippen LogP contribution in [0.5, 0.6) is 0 Å². The third-order valence-corrected chi connectivity index (χ3v) is 6.19. The number of nitrogens with two attached hydrogens (primary N) is 2. The van der Waals surface area contributed by atoms with E-state index in [1.165, 1.54) is 6.92 Å². The highest BCUT2D eigenvalue weighted by molar-refractivity contribution is 7.80. The first-order valence-electron chi connectivity index (χ1n) is 13.6. The molecule has 20 nitrogen and oxygen atoms in total. The van der Waals surface area contributed by atoms with Crippen LogP contribution in [0.3, 0.4) is 0 Å². The molecule has 21 heteroatoms. The Morgan fingerprint density at radius 3 is 1.51 bits per heavy atom. The van der Waals surface area contributed by atoms with Crippen molar-refractivity contribution in [2.45, 2.75) is 75.7 Å². The average Bonchev–Trinajstić information content (AvgIpc) is 2.95. The normalized spacial score (nSPS) is 13.8. The third-order valence-electron chi connectivity index (χ3n) is 5.82. The number of rotatable bonds is 22. The maximum Gasteiger partial charge on any atom is 0.322 e. The molecule has 0 aromatic rings. The number of carboxylic acid groups (broad SMARTS) is 3. The molecule has 0 aliphatic rings. The Balaban J connectivity index is 5.81. The molecule has 14 N–H and O–H groups in total. The smallest absolute Gasteiger partial charge is 0.322 e. The van der Waals surface area contributed by atoms with E-state index in [9.17, 15) is 38.4 Å². The van der Waals surface area contributed by atoms with Gasteiger partial charge in [0.1, 0.15) is 30.7 Å². The number of carboxylic acids is 3. The van der Waals surface area contributed by atoms with Crippen molar-refractivity contribution in [3.63, 3.8) is 0 Å². The van der Waals surface area contributed by atoms with E-state index in [1.807, 2.05) is 5.32 Å². The van der Waals surface area contributed by atoms with Crippen molar-refractivity contribution in [1.82, 2.24) is 31.9 Å². The van der Waals surface area contributed by atoms with Gasteiger partial charge in [-0.3, -0.25) is 43.8 Å². The molecule has 0 saturated heterocycles. The summed E-state index contributed by atoms with van der Waals surface area (Å²) in [5.74, 6) is -9.30. The second kappa shape index (κ2) is 21.1. The SMILES string of the molecule is C[C@H](N)C(=O)N[C@H](CCCNC(=N)N)C(=O)N[C@H](CS)C(=O)N[C@H](CCC(=O)O)C(=O)N[C@H](CCC(=O)O)C(=O)NCC(=O)O. The summed E-state index contributed by atoms with van der Waals surface area (Å²) in [6, 6.07) is -6.72. The van der Waals surface area contributed by atoms with Gasteiger partial charge in [0.15, 0.2) is 5.96 Å². The third kappa shape index (κ3) is 17.9. The van der Waals surface area contributed by atoms with E-state index < -0.39 is 110 Å². The van der Waals surface area contributed by atoms with Crippen LogP contribution in [0, 0.1) is 5.41 Å². The molecule has 0 bridgehead atoms. The summed E-state index contributed by atoms with van der Waals surface area (Å²) in [5.41, 5.74) is 10.8. The van der Waals surface area contributed by atoms with Gasteiger partial charge >= 0.3 is 17.9 Å². The van der Waals surface area contributed by atoms with E-state index >= 15 is 0 Å². The lowest BCUT2D eigenvalue weighted by Crippen LogP contribution is -2.59. The first-order valence-corrected chi connectivity index (χ1v) is 14.2. The largest absolute Gasteiger partial charge is 0.481 e. The number of aliphatic carboxylic acids is 3. The lowest BCUT2D eigenvalue weighted by molar-refractivity contribution is -0.140. The summed E-state index contributed by atoms with van der Waals surface area (Å²) in [7, 11) is 0. The zero-order valence-electron chi connectivity index (χ0n) is 24.5. The molecule has 0 aliphatic heterocycles. The summed E-state index contributed by atoms with van der Waals surface area (Å²) in [5, 5.41) is 47.9. The molecule has 0 fully saturated rings. The maximum atomic E-state index is 13.1. The van der Waals surface area contributed by atoms with E-state index in [0.29, 0.717) is 0 Å². The van der Waals surface area contributed by atoms with Gasteiger partial charge in [-0.25, -0.2) is 0 Å². The molecule has 0 aliphatic carbocycles. The molecule has 0 radical (unpaired) electrons. The predicted octanol–water partition coefficient (Wildman–Crippen LogP) is -4.60. The zero-order chi connectivity index (χ0) is 34.7. The van der Waals surface area contributed by atoms with Crippen LogP contribution in [0.25, 0.3) is 0 Å². The quantitative estimate of drug-likeness (QED) is 0.0224. The Labute approximate surface area is 263 Å². The van der Waals surface area contributed by atoms with Crippen LogP contribution in [-0.2, 0) is 38.4 Å². The van der Waals surface area contributed by atoms with Crippen LogP contribution < -0.4 is 43.4 Å². The average molecular weight is 664 g/mol. The fourth-order valence-electron chi connectivity index (χ4n) is 3.47. The van der Waals surface area contributed by atoms with E-state index in [4.69, 9.17) is 32.2 Å². The second-order valence-corrected chi connectivity index (χ2v) is 10.0. The molecule has 0 heterocycles. The van der Waals surface area contributed by atoms with Gasteiger partial charge in [-0.1, -0.05) is 0 Å². The first kappa shape index (κ1) is 40.3. The Morgan fingerprint density at radius 1 is 0.667 bits per heavy atom.